The van der Waals surface area contributed by atoms with Crippen molar-refractivity contribution in [2.24, 2.45) is 0 Å². The average molecular weight is 88.1 g/mol. The molecule has 0 nitrogen and oxygen atoms in total. The van der Waals surface area contributed by atoms with Crippen LogP contribution in [0.5, 0.6) is 0 Å². The molecule has 0 aliphatic heterocycles. The fraction of sp³-hybridized carbons (Fsp3) is 0.143. The summed E-state index contributed by atoms with van der Waals surface area (Å²) in [5.41, 5.74) is 2.67. The van der Waals surface area contributed by atoms with E-state index >= 15 is 0 Å². The first-order chi connectivity index (χ1) is 3.47. The minimum Gasteiger partial charge on any atom is -0.0930 e. The fourth-order valence-electron chi connectivity index (χ4n) is 0.795. The molecule has 0 heteroatoms. The van der Waals surface area contributed by atoms with Crippen molar-refractivity contribution in [2.45, 2.75) is 6.42 Å². The van der Waals surface area contributed by atoms with E-state index < -0.39 is 0 Å². The zero-order valence-corrected chi connectivity index (χ0v) is 3.86. The van der Waals surface area contributed by atoms with Crippen LogP contribution in [0.15, 0.2) is 23.3 Å². The Hall–Kier alpha value is -0.960. The third kappa shape index (κ3) is 0.236. The van der Waals surface area contributed by atoms with Gasteiger partial charge in [-0.05, 0) is 11.6 Å². The van der Waals surface area contributed by atoms with Crippen LogP contribution in [-0.4, -0.2) is 0 Å². The predicted octanol–water partition coefficient (Wildman–Crippen LogP) is 1.26. The molecule has 0 atom stereocenters. The van der Waals surface area contributed by atoms with Crippen LogP contribution in [0.2, 0.25) is 0 Å². The molecule has 0 bridgehead atoms. The van der Waals surface area contributed by atoms with E-state index in [1.54, 1.807) is 0 Å². The molecule has 0 unspecified atom stereocenters. The molecule has 32 valence electrons. The second kappa shape index (κ2) is 0.816. The van der Waals surface area contributed by atoms with Crippen LogP contribution in [0.1, 0.15) is 6.42 Å². The van der Waals surface area contributed by atoms with Crippen LogP contribution < -0.4 is 0 Å². The molecule has 0 fully saturated rings. The van der Waals surface area contributed by atoms with Crippen LogP contribution in [0, 0.1) is 11.8 Å². The standard InChI is InChI=1S/C7H4/c1-2-6-4-5-7(6)3-1/h4-5H,2H2. The highest BCUT2D eigenvalue weighted by Crippen LogP contribution is 2.25. The van der Waals surface area contributed by atoms with E-state index in [1.165, 1.54) is 11.1 Å². The first-order valence-electron chi connectivity index (χ1n) is 2.37. The van der Waals surface area contributed by atoms with Gasteiger partial charge >= 0.3 is 0 Å². The highest BCUT2D eigenvalue weighted by atomic mass is 14.1. The van der Waals surface area contributed by atoms with Crippen LogP contribution in [0.3, 0.4) is 0 Å². The summed E-state index contributed by atoms with van der Waals surface area (Å²) >= 11 is 0. The highest BCUT2D eigenvalue weighted by molar-refractivity contribution is 5.61. The molecule has 0 aromatic carbocycles. The lowest BCUT2D eigenvalue weighted by molar-refractivity contribution is 1.30. The fourth-order valence-corrected chi connectivity index (χ4v) is 0.795. The zero-order valence-electron chi connectivity index (χ0n) is 3.86. The van der Waals surface area contributed by atoms with E-state index in [9.17, 15) is 0 Å². The SMILES string of the molecule is C1#CC2=CC=C2C1. The van der Waals surface area contributed by atoms with Gasteiger partial charge in [-0.1, -0.05) is 17.9 Å². The van der Waals surface area contributed by atoms with E-state index in [1.807, 2.05) is 0 Å². The molecule has 0 amide bonds. The smallest absolute Gasteiger partial charge is 0.0356 e. The number of allylic oxidation sites excluding steroid dienone is 4. The lowest BCUT2D eigenvalue weighted by atomic mass is 10.0. The van der Waals surface area contributed by atoms with Crippen LogP contribution in [0.25, 0.3) is 0 Å². The van der Waals surface area contributed by atoms with Crippen molar-refractivity contribution < 1.29 is 0 Å². The van der Waals surface area contributed by atoms with Crippen molar-refractivity contribution in [3.05, 3.63) is 23.3 Å². The van der Waals surface area contributed by atoms with Crippen LogP contribution >= 0.6 is 0 Å². The normalized spacial score (nSPS) is 20.6. The van der Waals surface area contributed by atoms with Gasteiger partial charge < -0.3 is 0 Å². The van der Waals surface area contributed by atoms with Gasteiger partial charge in [0.05, 0.1) is 0 Å². The molecule has 2 rings (SSSR count). The van der Waals surface area contributed by atoms with Crippen molar-refractivity contribution in [3.8, 4) is 11.8 Å². The quantitative estimate of drug-likeness (QED) is 0.391. The molecular formula is C7H4. The third-order valence-electron chi connectivity index (χ3n) is 1.30. The van der Waals surface area contributed by atoms with Crippen molar-refractivity contribution >= 4 is 0 Å². The molecule has 0 spiro atoms. The Kier molecular flexibility index (Phi) is 0.361. The Bertz CT molecular complexity index is 218. The minimum absolute atomic E-state index is 0.992. The van der Waals surface area contributed by atoms with Gasteiger partial charge in [0, 0.05) is 12.0 Å². The summed E-state index contributed by atoms with van der Waals surface area (Å²) in [5.74, 6) is 6.00. The predicted molar refractivity (Wildman–Crippen MR) is 28.6 cm³/mol. The van der Waals surface area contributed by atoms with Crippen LogP contribution in [0.4, 0.5) is 0 Å². The molecule has 0 saturated carbocycles. The first kappa shape index (κ1) is 3.10. The minimum atomic E-state index is 0.992. The van der Waals surface area contributed by atoms with Crippen molar-refractivity contribution in [1.82, 2.24) is 0 Å². The summed E-state index contributed by atoms with van der Waals surface area (Å²) in [7, 11) is 0. The number of hydrogen-bond acceptors (Lipinski definition) is 0. The Morgan fingerprint density at radius 3 is 2.71 bits per heavy atom. The number of fused-ring (bicyclic) bond motifs is 1. The molecule has 2 aliphatic carbocycles. The van der Waals surface area contributed by atoms with Crippen LogP contribution in [-0.2, 0) is 0 Å². The second-order valence-electron chi connectivity index (χ2n) is 1.75. The lowest BCUT2D eigenvalue weighted by Crippen LogP contribution is -1.87. The molecule has 0 saturated heterocycles. The average Bonchev–Trinajstić information content (AvgIpc) is 1.85. The number of rotatable bonds is 0. The maximum Gasteiger partial charge on any atom is 0.0356 e. The molecule has 7 heavy (non-hydrogen) atoms. The zero-order chi connectivity index (χ0) is 4.69. The largest absolute Gasteiger partial charge is 0.0930 e. The maximum atomic E-state index is 3.00. The Morgan fingerprint density at radius 2 is 2.43 bits per heavy atom. The van der Waals surface area contributed by atoms with Gasteiger partial charge in [-0.15, -0.1) is 0 Å². The van der Waals surface area contributed by atoms with Gasteiger partial charge in [0.15, 0.2) is 0 Å². The van der Waals surface area contributed by atoms with Gasteiger partial charge in [-0.3, -0.25) is 0 Å². The summed E-state index contributed by atoms with van der Waals surface area (Å²) in [6.07, 6.45) is 5.17. The third-order valence-corrected chi connectivity index (χ3v) is 1.30. The van der Waals surface area contributed by atoms with Crippen molar-refractivity contribution in [2.75, 3.05) is 0 Å². The first-order valence-corrected chi connectivity index (χ1v) is 2.37. The van der Waals surface area contributed by atoms with Crippen molar-refractivity contribution in [3.63, 3.8) is 0 Å². The van der Waals surface area contributed by atoms with E-state index in [0.29, 0.717) is 0 Å². The summed E-state index contributed by atoms with van der Waals surface area (Å²) < 4.78 is 0. The number of hydrogen-bond donors (Lipinski definition) is 0. The summed E-state index contributed by atoms with van der Waals surface area (Å²) in [4.78, 5) is 0. The lowest BCUT2D eigenvalue weighted by Gasteiger charge is -2.02. The van der Waals surface area contributed by atoms with E-state index in [-0.39, 0.29) is 0 Å². The van der Waals surface area contributed by atoms with E-state index in [4.69, 9.17) is 0 Å². The summed E-state index contributed by atoms with van der Waals surface area (Å²) in [6.45, 7) is 0. The van der Waals surface area contributed by atoms with Gasteiger partial charge in [0.1, 0.15) is 0 Å². The maximum absolute atomic E-state index is 3.00. The van der Waals surface area contributed by atoms with Gasteiger partial charge in [-0.2, -0.15) is 0 Å². The molecule has 0 radical (unpaired) electrons. The molecule has 0 N–H and O–H groups in total. The Labute approximate surface area is 42.5 Å². The van der Waals surface area contributed by atoms with Gasteiger partial charge in [0.2, 0.25) is 0 Å². The molecule has 2 aliphatic rings. The molecular weight excluding hydrogens is 84.1 g/mol. The van der Waals surface area contributed by atoms with Gasteiger partial charge in [-0.25, -0.2) is 0 Å². The van der Waals surface area contributed by atoms with Crippen molar-refractivity contribution in [1.29, 1.82) is 0 Å². The molecule has 0 aromatic heterocycles. The summed E-state index contributed by atoms with van der Waals surface area (Å²) in [6, 6.07) is 0. The topological polar surface area (TPSA) is 0 Å². The monoisotopic (exact) mass is 88.0 g/mol. The second-order valence-corrected chi connectivity index (χ2v) is 1.75. The Balaban J connectivity index is 2.51. The molecule has 0 aromatic rings. The molecule has 0 heterocycles. The highest BCUT2D eigenvalue weighted by Gasteiger charge is 2.10. The van der Waals surface area contributed by atoms with Gasteiger partial charge in [0.25, 0.3) is 0 Å². The van der Waals surface area contributed by atoms with E-state index in [0.717, 1.165) is 6.42 Å². The Morgan fingerprint density at radius 1 is 1.43 bits per heavy atom. The van der Waals surface area contributed by atoms with E-state index in [2.05, 4.69) is 24.0 Å². The summed E-state index contributed by atoms with van der Waals surface area (Å²) in [5, 5.41) is 0.